The van der Waals surface area contributed by atoms with Gasteiger partial charge < -0.3 is 51.2 Å². The molecule has 2 atom stereocenters. The number of carbonyl (C=O) groups is 6. The first-order valence-corrected chi connectivity index (χ1v) is 20.9. The second-order valence-corrected chi connectivity index (χ2v) is 16.1. The second kappa shape index (κ2) is 19.3. The van der Waals surface area contributed by atoms with E-state index in [4.69, 9.17) is 10.5 Å². The van der Waals surface area contributed by atoms with Crippen LogP contribution in [0.2, 0.25) is 0 Å². The van der Waals surface area contributed by atoms with Gasteiger partial charge in [0, 0.05) is 61.4 Å². The molecule has 1 aliphatic heterocycles. The lowest BCUT2D eigenvalue weighted by Crippen LogP contribution is -2.58. The first-order chi connectivity index (χ1) is 29.2. The molecule has 1 saturated heterocycles. The van der Waals surface area contributed by atoms with Crippen molar-refractivity contribution >= 4 is 69.4 Å². The Labute approximate surface area is 354 Å². The van der Waals surface area contributed by atoms with Gasteiger partial charge in [0.15, 0.2) is 0 Å². The number of thiophene rings is 1. The van der Waals surface area contributed by atoms with Crippen LogP contribution in [-0.2, 0) is 32.3 Å². The number of nitrogens with one attached hydrogen (secondary N) is 4. The number of hydrogen-bond acceptors (Lipinski definition) is 10. The van der Waals surface area contributed by atoms with Crippen molar-refractivity contribution in [2.75, 3.05) is 42.9 Å². The van der Waals surface area contributed by atoms with E-state index >= 15 is 4.39 Å². The SMILES string of the molecule is CCn1cc(C(=O)O)c(=O)c2cc(F)c(N3CCN(C(=O)OCc4ccc(NC(=O)[C@H](CCCNC(N)=O)NC(=O)C5(C(=O)N[C@@H](C)c6cccs6)CCC5)cc4)CC3)cc21. The molecule has 17 nitrogen and oxygen atoms in total. The van der Waals surface area contributed by atoms with Gasteiger partial charge >= 0.3 is 18.1 Å². The Bertz CT molecular complexity index is 2340. The Morgan fingerprint density at radius 3 is 2.31 bits per heavy atom. The van der Waals surface area contributed by atoms with Crippen LogP contribution >= 0.6 is 11.3 Å². The number of nitrogens with two attached hydrogens (primary N) is 1. The highest BCUT2D eigenvalue weighted by atomic mass is 32.1. The Hall–Kier alpha value is -6.50. The number of amides is 6. The number of rotatable bonds is 16. The summed E-state index contributed by atoms with van der Waals surface area (Å²) in [7, 11) is 0. The van der Waals surface area contributed by atoms with Gasteiger partial charge in [0.1, 0.15) is 29.4 Å². The summed E-state index contributed by atoms with van der Waals surface area (Å²) in [5.74, 6) is -3.53. The van der Waals surface area contributed by atoms with Crippen LogP contribution < -0.4 is 37.3 Å². The zero-order valence-corrected chi connectivity index (χ0v) is 34.6. The van der Waals surface area contributed by atoms with Gasteiger partial charge in [0.25, 0.3) is 0 Å². The summed E-state index contributed by atoms with van der Waals surface area (Å²) in [5.41, 5.74) is 4.36. The molecule has 2 aromatic carbocycles. The molecular weight excluding hydrogens is 812 g/mol. The summed E-state index contributed by atoms with van der Waals surface area (Å²) in [4.78, 5) is 93.5. The van der Waals surface area contributed by atoms with Crippen LogP contribution in [0.4, 0.5) is 25.4 Å². The van der Waals surface area contributed by atoms with Crippen LogP contribution in [0.3, 0.4) is 0 Å². The number of benzene rings is 2. The highest BCUT2D eigenvalue weighted by molar-refractivity contribution is 7.10. The molecule has 2 aliphatic rings. The Morgan fingerprint density at radius 2 is 1.70 bits per heavy atom. The Kier molecular flexibility index (Phi) is 13.9. The highest BCUT2D eigenvalue weighted by Crippen LogP contribution is 2.42. The number of aromatic nitrogens is 1. The monoisotopic (exact) mass is 860 g/mol. The summed E-state index contributed by atoms with van der Waals surface area (Å²) < 4.78 is 22.5. The molecule has 0 spiro atoms. The summed E-state index contributed by atoms with van der Waals surface area (Å²) in [6.45, 7) is 5.12. The molecule has 1 saturated carbocycles. The van der Waals surface area contributed by atoms with Crippen LogP contribution in [-0.4, -0.2) is 89.2 Å². The number of halogens is 1. The maximum Gasteiger partial charge on any atom is 0.410 e. The third-order valence-electron chi connectivity index (χ3n) is 11.2. The molecule has 2 aromatic heterocycles. The normalized spacial score (nSPS) is 15.5. The molecule has 2 fully saturated rings. The fraction of sp³-hybridized carbons (Fsp3) is 0.405. The standard InChI is InChI=1S/C42H49FN8O9S/c1-3-49-23-29(37(54)55)35(52)28-21-30(43)33(22-32(28)49)50-16-18-51(19-17-50)41(59)60-24-26-9-11-27(12-10-26)47-36(53)31(7-4-15-45-40(44)58)48-39(57)42(13-6-14-42)38(56)46-25(2)34-8-5-20-61-34/h5,8-12,20-23,25,31H,3-4,6-7,13-19,24H2,1-2H3,(H,46,56)(H,47,53)(H,48,57)(H,54,55)(H3,44,45,58)/t25-,31-/m0/s1. The number of piperazine rings is 1. The molecule has 0 unspecified atom stereocenters. The average Bonchev–Trinajstić information content (AvgIpc) is 3.77. The van der Waals surface area contributed by atoms with E-state index in [0.29, 0.717) is 49.0 Å². The second-order valence-electron chi connectivity index (χ2n) is 15.1. The fourth-order valence-corrected chi connectivity index (χ4v) is 8.18. The van der Waals surface area contributed by atoms with Crippen molar-refractivity contribution in [3.63, 3.8) is 0 Å². The van der Waals surface area contributed by atoms with Gasteiger partial charge in [-0.15, -0.1) is 11.3 Å². The van der Waals surface area contributed by atoms with Crippen molar-refractivity contribution < 1.29 is 43.0 Å². The fourth-order valence-electron chi connectivity index (χ4n) is 7.45. The Balaban J connectivity index is 1.02. The predicted molar refractivity (Wildman–Crippen MR) is 226 cm³/mol. The smallest absolute Gasteiger partial charge is 0.410 e. The quantitative estimate of drug-likeness (QED) is 0.0691. The number of carboxylic acid groups (broad SMARTS) is 1. The van der Waals surface area contributed by atoms with E-state index in [-0.39, 0.29) is 62.9 Å². The van der Waals surface area contributed by atoms with Crippen LogP contribution in [0, 0.1) is 11.2 Å². The number of ether oxygens (including phenoxy) is 1. The van der Waals surface area contributed by atoms with E-state index in [1.807, 2.05) is 24.4 Å². The molecule has 324 valence electrons. The molecule has 4 aromatic rings. The van der Waals surface area contributed by atoms with Gasteiger partial charge in [-0.05, 0) is 80.8 Å². The Morgan fingerprint density at radius 1 is 1.00 bits per heavy atom. The number of primary amides is 1. The van der Waals surface area contributed by atoms with Gasteiger partial charge in [-0.25, -0.2) is 18.8 Å². The van der Waals surface area contributed by atoms with Gasteiger partial charge in [0.2, 0.25) is 23.2 Å². The summed E-state index contributed by atoms with van der Waals surface area (Å²) in [6, 6.07) is 10.9. The van der Waals surface area contributed by atoms with E-state index in [1.54, 1.807) is 40.7 Å². The molecule has 0 bridgehead atoms. The number of carbonyl (C=O) groups excluding carboxylic acids is 5. The number of anilines is 2. The van der Waals surface area contributed by atoms with E-state index in [1.165, 1.54) is 28.5 Å². The van der Waals surface area contributed by atoms with Gasteiger partial charge in [-0.2, -0.15) is 0 Å². The van der Waals surface area contributed by atoms with Crippen molar-refractivity contribution in [3.05, 3.63) is 92.2 Å². The van der Waals surface area contributed by atoms with Crippen molar-refractivity contribution in [2.45, 2.75) is 71.2 Å². The average molecular weight is 861 g/mol. The third kappa shape index (κ3) is 10.1. The lowest BCUT2D eigenvalue weighted by atomic mass is 9.67. The number of pyridine rings is 1. The van der Waals surface area contributed by atoms with Crippen LogP contribution in [0.25, 0.3) is 10.9 Å². The first kappa shape index (κ1) is 44.1. The van der Waals surface area contributed by atoms with Crippen molar-refractivity contribution in [1.29, 1.82) is 0 Å². The zero-order chi connectivity index (χ0) is 43.8. The van der Waals surface area contributed by atoms with Crippen LogP contribution in [0.1, 0.15) is 72.8 Å². The molecule has 6 amide bonds. The maximum absolute atomic E-state index is 15.3. The lowest BCUT2D eigenvalue weighted by molar-refractivity contribution is -0.151. The van der Waals surface area contributed by atoms with E-state index in [9.17, 15) is 38.7 Å². The van der Waals surface area contributed by atoms with Gasteiger partial charge in [-0.3, -0.25) is 19.2 Å². The van der Waals surface area contributed by atoms with Crippen molar-refractivity contribution in [3.8, 4) is 0 Å². The molecule has 61 heavy (non-hydrogen) atoms. The predicted octanol–water partition coefficient (Wildman–Crippen LogP) is 4.30. The highest BCUT2D eigenvalue weighted by Gasteiger charge is 2.51. The van der Waals surface area contributed by atoms with Crippen LogP contribution in [0.5, 0.6) is 0 Å². The number of aryl methyl sites for hydroxylation is 1. The number of aromatic carboxylic acids is 1. The van der Waals surface area contributed by atoms with E-state index in [0.717, 1.165) is 10.9 Å². The molecule has 19 heteroatoms. The van der Waals surface area contributed by atoms with E-state index < -0.39 is 64.1 Å². The number of nitrogens with zero attached hydrogens (tertiary/aromatic N) is 3. The summed E-state index contributed by atoms with van der Waals surface area (Å²) in [5, 5.41) is 22.3. The van der Waals surface area contributed by atoms with Crippen molar-refractivity contribution in [2.24, 2.45) is 11.1 Å². The van der Waals surface area contributed by atoms with Crippen LogP contribution in [0.15, 0.2) is 64.9 Å². The minimum absolute atomic E-state index is 0.0279. The summed E-state index contributed by atoms with van der Waals surface area (Å²) in [6.07, 6.45) is 2.52. The largest absolute Gasteiger partial charge is 0.477 e. The zero-order valence-electron chi connectivity index (χ0n) is 33.8. The van der Waals surface area contributed by atoms with Gasteiger partial charge in [0.05, 0.1) is 17.2 Å². The minimum atomic E-state index is -1.39. The molecule has 0 radical (unpaired) electrons. The minimum Gasteiger partial charge on any atom is -0.477 e. The molecule has 1 aliphatic carbocycles. The van der Waals surface area contributed by atoms with Gasteiger partial charge in [-0.1, -0.05) is 24.6 Å². The summed E-state index contributed by atoms with van der Waals surface area (Å²) >= 11 is 1.50. The molecule has 3 heterocycles. The van der Waals surface area contributed by atoms with Crippen molar-refractivity contribution in [1.82, 2.24) is 25.4 Å². The number of fused-ring (bicyclic) bond motifs is 1. The third-order valence-corrected chi connectivity index (χ3v) is 12.2. The topological polar surface area (TPSA) is 234 Å². The number of urea groups is 1. The maximum atomic E-state index is 15.3. The molecular formula is C42H49FN8O9S. The number of hydrogen-bond donors (Lipinski definition) is 6. The number of carboxylic acids is 1. The van der Waals surface area contributed by atoms with E-state index in [2.05, 4.69) is 21.3 Å². The molecule has 6 rings (SSSR count). The lowest BCUT2D eigenvalue weighted by Gasteiger charge is -2.40. The molecule has 7 N–H and O–H groups in total. The first-order valence-electron chi connectivity index (χ1n) is 20.1.